The van der Waals surface area contributed by atoms with Crippen molar-refractivity contribution in [3.63, 3.8) is 0 Å². The summed E-state index contributed by atoms with van der Waals surface area (Å²) in [6, 6.07) is 9.58. The average molecular weight is 455 g/mol. The second-order valence-corrected chi connectivity index (χ2v) is 6.60. The summed E-state index contributed by atoms with van der Waals surface area (Å²) >= 11 is 6.78. The molecule has 0 atom stereocenters. The molecule has 7 heteroatoms. The topological polar surface area (TPSA) is 47.9 Å². The van der Waals surface area contributed by atoms with Crippen molar-refractivity contribution >= 4 is 49.8 Å². The van der Waals surface area contributed by atoms with Gasteiger partial charge in [-0.1, -0.05) is 28.1 Å². The van der Waals surface area contributed by atoms with Crippen LogP contribution in [0.25, 0.3) is 6.08 Å². The maximum Gasteiger partial charge on any atom is 0.363 e. The van der Waals surface area contributed by atoms with Gasteiger partial charge in [0.05, 0.1) is 17.1 Å². The summed E-state index contributed by atoms with van der Waals surface area (Å²) in [5.74, 6) is -0.662. The number of halogens is 3. The van der Waals surface area contributed by atoms with E-state index < -0.39 is 11.8 Å². The Labute approximate surface area is 154 Å². The van der Waals surface area contributed by atoms with Crippen LogP contribution in [0.3, 0.4) is 0 Å². The average Bonchev–Trinajstić information content (AvgIpc) is 2.88. The number of carbonyl (C=O) groups excluding carboxylic acids is 1. The minimum atomic E-state index is -0.647. The Morgan fingerprint density at radius 2 is 2.00 bits per heavy atom. The highest BCUT2D eigenvalue weighted by molar-refractivity contribution is 9.11. The van der Waals surface area contributed by atoms with Crippen LogP contribution in [0.4, 0.5) is 4.39 Å². The number of nitrogens with zero attached hydrogens (tertiary/aromatic N) is 1. The molecule has 0 saturated heterocycles. The number of methoxy groups -OCH3 is 1. The van der Waals surface area contributed by atoms with E-state index in [1.165, 1.54) is 25.3 Å². The number of esters is 1. The standard InChI is InChI=1S/C17H10Br2FNO3/c1-23-15-9(6-10(18)8-12(15)19)7-14-17(22)24-16(21-14)11-4-2-3-5-13(11)20/h2-8H,1H3/b14-7-. The molecule has 4 nitrogen and oxygen atoms in total. The maximum absolute atomic E-state index is 13.8. The second-order valence-electron chi connectivity index (χ2n) is 4.83. The van der Waals surface area contributed by atoms with Crippen molar-refractivity contribution in [3.05, 3.63) is 68.0 Å². The van der Waals surface area contributed by atoms with Gasteiger partial charge in [0.15, 0.2) is 5.70 Å². The Morgan fingerprint density at radius 1 is 1.25 bits per heavy atom. The number of ether oxygens (including phenoxy) is 2. The lowest BCUT2D eigenvalue weighted by Gasteiger charge is -2.08. The van der Waals surface area contributed by atoms with Gasteiger partial charge in [-0.05, 0) is 46.3 Å². The molecule has 1 heterocycles. The van der Waals surface area contributed by atoms with Crippen LogP contribution in [0, 0.1) is 5.82 Å². The molecule has 0 radical (unpaired) electrons. The van der Waals surface area contributed by atoms with E-state index in [-0.39, 0.29) is 17.2 Å². The third kappa shape index (κ3) is 3.27. The molecule has 0 N–H and O–H groups in total. The SMILES string of the molecule is COc1c(Br)cc(Br)cc1/C=C1\N=C(c2ccccc2F)OC1=O. The van der Waals surface area contributed by atoms with Crippen molar-refractivity contribution in [2.75, 3.05) is 7.11 Å². The second kappa shape index (κ2) is 6.86. The lowest BCUT2D eigenvalue weighted by atomic mass is 10.1. The van der Waals surface area contributed by atoms with E-state index in [9.17, 15) is 9.18 Å². The first-order chi connectivity index (χ1) is 11.5. The fraction of sp³-hybridized carbons (Fsp3) is 0.0588. The van der Waals surface area contributed by atoms with E-state index in [0.29, 0.717) is 11.3 Å². The molecule has 122 valence electrons. The number of aliphatic imine (C=N–C) groups is 1. The summed E-state index contributed by atoms with van der Waals surface area (Å²) < 4.78 is 25.8. The maximum atomic E-state index is 13.8. The molecule has 2 aromatic rings. The normalized spacial score (nSPS) is 15.4. The highest BCUT2D eigenvalue weighted by Crippen LogP contribution is 2.34. The fourth-order valence-corrected chi connectivity index (χ4v) is 3.63. The molecule has 24 heavy (non-hydrogen) atoms. The van der Waals surface area contributed by atoms with E-state index in [2.05, 4.69) is 36.9 Å². The van der Waals surface area contributed by atoms with Crippen LogP contribution in [-0.2, 0) is 9.53 Å². The zero-order valence-corrected chi connectivity index (χ0v) is 15.5. The van der Waals surface area contributed by atoms with Gasteiger partial charge < -0.3 is 9.47 Å². The van der Waals surface area contributed by atoms with Gasteiger partial charge >= 0.3 is 5.97 Å². The number of carbonyl (C=O) groups is 1. The van der Waals surface area contributed by atoms with E-state index in [1.807, 2.05) is 6.07 Å². The number of cyclic esters (lactones) is 1. The first-order valence-electron chi connectivity index (χ1n) is 6.80. The van der Waals surface area contributed by atoms with Gasteiger partial charge in [-0.2, -0.15) is 0 Å². The lowest BCUT2D eigenvalue weighted by molar-refractivity contribution is -0.129. The molecule has 3 rings (SSSR count). The van der Waals surface area contributed by atoms with Crippen molar-refractivity contribution in [3.8, 4) is 5.75 Å². The number of benzene rings is 2. The van der Waals surface area contributed by atoms with Crippen molar-refractivity contribution < 1.29 is 18.7 Å². The molecule has 0 unspecified atom stereocenters. The van der Waals surface area contributed by atoms with Crippen LogP contribution in [-0.4, -0.2) is 19.0 Å². The minimum absolute atomic E-state index is 0.0580. The van der Waals surface area contributed by atoms with Crippen molar-refractivity contribution in [2.24, 2.45) is 4.99 Å². The summed E-state index contributed by atoms with van der Waals surface area (Å²) in [6.45, 7) is 0. The molecular formula is C17H10Br2FNO3. The molecule has 0 bridgehead atoms. The van der Waals surface area contributed by atoms with Crippen LogP contribution in [0.1, 0.15) is 11.1 Å². The number of rotatable bonds is 3. The van der Waals surface area contributed by atoms with Crippen LogP contribution in [0.2, 0.25) is 0 Å². The van der Waals surface area contributed by atoms with Crippen LogP contribution >= 0.6 is 31.9 Å². The first kappa shape index (κ1) is 16.9. The summed E-state index contributed by atoms with van der Waals surface area (Å²) in [4.78, 5) is 16.2. The first-order valence-corrected chi connectivity index (χ1v) is 8.38. The van der Waals surface area contributed by atoms with Gasteiger partial charge in [-0.25, -0.2) is 14.2 Å². The fourth-order valence-electron chi connectivity index (χ4n) is 2.21. The lowest BCUT2D eigenvalue weighted by Crippen LogP contribution is -2.07. The van der Waals surface area contributed by atoms with Crippen molar-refractivity contribution in [1.29, 1.82) is 0 Å². The van der Waals surface area contributed by atoms with Crippen LogP contribution in [0.15, 0.2) is 56.0 Å². The smallest absolute Gasteiger partial charge is 0.363 e. The Bertz CT molecular complexity index is 893. The summed E-state index contributed by atoms with van der Waals surface area (Å²) in [5.41, 5.74) is 0.831. The molecular weight excluding hydrogens is 445 g/mol. The monoisotopic (exact) mass is 453 g/mol. The Hall–Kier alpha value is -1.99. The van der Waals surface area contributed by atoms with Gasteiger partial charge in [-0.15, -0.1) is 0 Å². The van der Waals surface area contributed by atoms with Crippen molar-refractivity contribution in [1.82, 2.24) is 0 Å². The summed E-state index contributed by atoms with van der Waals surface area (Å²) in [5, 5.41) is 0. The molecule has 0 spiro atoms. The molecule has 0 fully saturated rings. The molecule has 0 amide bonds. The highest BCUT2D eigenvalue weighted by Gasteiger charge is 2.26. The van der Waals surface area contributed by atoms with Gasteiger partial charge in [0.2, 0.25) is 5.90 Å². The zero-order chi connectivity index (χ0) is 17.3. The molecule has 0 aliphatic carbocycles. The summed E-state index contributed by atoms with van der Waals surface area (Å²) in [6.07, 6.45) is 1.53. The Morgan fingerprint density at radius 3 is 2.71 bits per heavy atom. The zero-order valence-electron chi connectivity index (χ0n) is 12.3. The van der Waals surface area contributed by atoms with Gasteiger partial charge in [0, 0.05) is 10.0 Å². The van der Waals surface area contributed by atoms with Crippen LogP contribution < -0.4 is 4.74 Å². The minimum Gasteiger partial charge on any atom is -0.495 e. The molecule has 2 aromatic carbocycles. The van der Waals surface area contributed by atoms with E-state index in [1.54, 1.807) is 18.2 Å². The molecule has 0 saturated carbocycles. The largest absolute Gasteiger partial charge is 0.495 e. The van der Waals surface area contributed by atoms with Gasteiger partial charge in [-0.3, -0.25) is 0 Å². The number of hydrogen-bond donors (Lipinski definition) is 0. The Kier molecular flexibility index (Phi) is 4.82. The molecule has 1 aliphatic rings. The third-order valence-corrected chi connectivity index (χ3v) is 4.31. The van der Waals surface area contributed by atoms with E-state index in [0.717, 1.165) is 8.95 Å². The van der Waals surface area contributed by atoms with Crippen molar-refractivity contribution in [2.45, 2.75) is 0 Å². The van der Waals surface area contributed by atoms with Crippen LogP contribution in [0.5, 0.6) is 5.75 Å². The van der Waals surface area contributed by atoms with Gasteiger partial charge in [0.1, 0.15) is 11.6 Å². The summed E-state index contributed by atoms with van der Waals surface area (Å²) in [7, 11) is 1.52. The van der Waals surface area contributed by atoms with E-state index in [4.69, 9.17) is 9.47 Å². The quantitative estimate of drug-likeness (QED) is 0.498. The Balaban J connectivity index is 2.06. The van der Waals surface area contributed by atoms with Gasteiger partial charge in [0.25, 0.3) is 0 Å². The third-order valence-electron chi connectivity index (χ3n) is 3.26. The predicted octanol–water partition coefficient (Wildman–Crippen LogP) is 4.70. The number of hydrogen-bond acceptors (Lipinski definition) is 4. The van der Waals surface area contributed by atoms with E-state index >= 15 is 0 Å². The molecule has 0 aromatic heterocycles. The predicted molar refractivity (Wildman–Crippen MR) is 95.4 cm³/mol. The highest BCUT2D eigenvalue weighted by atomic mass is 79.9. The molecule has 1 aliphatic heterocycles.